The van der Waals surface area contributed by atoms with E-state index in [4.69, 9.17) is 4.74 Å². The van der Waals surface area contributed by atoms with Gasteiger partial charge in [0.05, 0.1) is 0 Å². The van der Waals surface area contributed by atoms with Crippen molar-refractivity contribution in [3.05, 3.63) is 65.3 Å². The summed E-state index contributed by atoms with van der Waals surface area (Å²) < 4.78 is 5.90. The minimum Gasteiger partial charge on any atom is -0.458 e. The van der Waals surface area contributed by atoms with E-state index in [0.717, 1.165) is 43.2 Å². The van der Waals surface area contributed by atoms with Gasteiger partial charge in [-0.3, -0.25) is 0 Å². The third kappa shape index (κ3) is 2.78. The number of benzene rings is 1. The van der Waals surface area contributed by atoms with E-state index in [0.29, 0.717) is 5.92 Å². The fraction of sp³-hybridized carbons (Fsp3) is 0.435. The SMILES string of the molecule is C=C1CC[C@H]2C(=C)CC[C@H]3/C(=C/c4ccc(CC)cc4)C(=O)O[C@@H]3[C@@H]12. The van der Waals surface area contributed by atoms with Crippen LogP contribution in [0.1, 0.15) is 43.7 Å². The molecule has 2 nitrogen and oxygen atoms in total. The molecule has 0 N–H and O–H groups in total. The lowest BCUT2D eigenvalue weighted by atomic mass is 9.81. The lowest BCUT2D eigenvalue weighted by Gasteiger charge is -2.26. The molecule has 2 heteroatoms. The quantitative estimate of drug-likeness (QED) is 0.427. The van der Waals surface area contributed by atoms with Gasteiger partial charge >= 0.3 is 5.97 Å². The van der Waals surface area contributed by atoms with Gasteiger partial charge in [-0.2, -0.15) is 0 Å². The highest BCUT2D eigenvalue weighted by Gasteiger charge is 2.50. The van der Waals surface area contributed by atoms with Crippen LogP contribution in [-0.4, -0.2) is 12.1 Å². The van der Waals surface area contributed by atoms with Crippen molar-refractivity contribution in [3.8, 4) is 0 Å². The van der Waals surface area contributed by atoms with E-state index >= 15 is 0 Å². The number of hydrogen-bond acceptors (Lipinski definition) is 2. The van der Waals surface area contributed by atoms with Gasteiger partial charge < -0.3 is 4.74 Å². The van der Waals surface area contributed by atoms with E-state index in [2.05, 4.69) is 44.3 Å². The number of aryl methyl sites for hydroxylation is 1. The second-order valence-electron chi connectivity index (χ2n) is 7.70. The van der Waals surface area contributed by atoms with Crippen LogP contribution in [0.15, 0.2) is 54.1 Å². The van der Waals surface area contributed by atoms with Gasteiger partial charge in [-0.15, -0.1) is 0 Å². The van der Waals surface area contributed by atoms with Crippen molar-refractivity contribution in [2.45, 2.75) is 45.1 Å². The normalized spacial score (nSPS) is 33.2. The molecule has 0 spiro atoms. The van der Waals surface area contributed by atoms with Crippen LogP contribution in [0.5, 0.6) is 0 Å². The first-order valence-corrected chi connectivity index (χ1v) is 9.45. The number of fused-ring (bicyclic) bond motifs is 3. The molecule has 4 atom stereocenters. The number of ether oxygens (including phenoxy) is 1. The Kier molecular flexibility index (Phi) is 4.15. The Bertz CT molecular complexity index is 753. The molecule has 3 fully saturated rings. The number of allylic oxidation sites excluding steroid dienone is 1. The Labute approximate surface area is 150 Å². The molecule has 1 heterocycles. The maximum absolute atomic E-state index is 12.6. The van der Waals surface area contributed by atoms with E-state index in [1.165, 1.54) is 16.7 Å². The molecule has 1 aliphatic heterocycles. The molecular weight excluding hydrogens is 308 g/mol. The summed E-state index contributed by atoms with van der Waals surface area (Å²) in [6.45, 7) is 10.7. The number of hydrogen-bond donors (Lipinski definition) is 0. The van der Waals surface area contributed by atoms with Gasteiger partial charge in [0, 0.05) is 17.4 Å². The van der Waals surface area contributed by atoms with Crippen LogP contribution in [0.3, 0.4) is 0 Å². The summed E-state index contributed by atoms with van der Waals surface area (Å²) in [6, 6.07) is 8.46. The highest BCUT2D eigenvalue weighted by atomic mass is 16.6. The molecule has 0 amide bonds. The first kappa shape index (κ1) is 16.4. The number of carbonyl (C=O) groups excluding carboxylic acids is 1. The van der Waals surface area contributed by atoms with Crippen molar-refractivity contribution in [1.29, 1.82) is 0 Å². The Morgan fingerprint density at radius 1 is 1.08 bits per heavy atom. The van der Waals surface area contributed by atoms with Crippen LogP contribution in [0, 0.1) is 17.8 Å². The average molecular weight is 334 g/mol. The third-order valence-electron chi connectivity index (χ3n) is 6.32. The van der Waals surface area contributed by atoms with E-state index in [-0.39, 0.29) is 23.9 Å². The van der Waals surface area contributed by atoms with Gasteiger partial charge in [0.1, 0.15) is 6.10 Å². The standard InChI is InChI=1S/C23H26O2/c1-4-16-7-9-17(10-8-16)13-20-19-12-5-14(2)18-11-6-15(3)21(18)22(19)25-23(20)24/h7-10,13,18-19,21-22H,2-6,11-12H2,1H3/b20-13-/t18-,19-,21-,22-/m0/s1. The second-order valence-corrected chi connectivity index (χ2v) is 7.70. The van der Waals surface area contributed by atoms with E-state index < -0.39 is 0 Å². The van der Waals surface area contributed by atoms with Crippen LogP contribution < -0.4 is 0 Å². The van der Waals surface area contributed by atoms with Gasteiger partial charge in [0.2, 0.25) is 0 Å². The summed E-state index contributed by atoms with van der Waals surface area (Å²) in [6.07, 6.45) is 7.09. The predicted octanol–water partition coefficient (Wildman–Crippen LogP) is 5.11. The summed E-state index contributed by atoms with van der Waals surface area (Å²) in [4.78, 5) is 12.6. The fourth-order valence-electron chi connectivity index (χ4n) is 4.86. The van der Waals surface area contributed by atoms with Crippen molar-refractivity contribution >= 4 is 12.0 Å². The molecule has 2 aliphatic carbocycles. The molecule has 4 rings (SSSR count). The minimum absolute atomic E-state index is 0.0482. The maximum atomic E-state index is 12.6. The lowest BCUT2D eigenvalue weighted by Crippen LogP contribution is -2.28. The summed E-state index contributed by atoms with van der Waals surface area (Å²) in [7, 11) is 0. The largest absolute Gasteiger partial charge is 0.458 e. The zero-order chi connectivity index (χ0) is 17.6. The molecule has 0 unspecified atom stereocenters. The molecule has 2 saturated carbocycles. The maximum Gasteiger partial charge on any atom is 0.334 e. The summed E-state index contributed by atoms with van der Waals surface area (Å²) >= 11 is 0. The van der Waals surface area contributed by atoms with E-state index in [9.17, 15) is 4.79 Å². The summed E-state index contributed by atoms with van der Waals surface area (Å²) in [5.41, 5.74) is 5.78. The monoisotopic (exact) mass is 334 g/mol. The van der Waals surface area contributed by atoms with Crippen LogP contribution in [0.4, 0.5) is 0 Å². The average Bonchev–Trinajstić information content (AvgIpc) is 3.09. The van der Waals surface area contributed by atoms with Gasteiger partial charge in [-0.05, 0) is 55.2 Å². The van der Waals surface area contributed by atoms with Crippen molar-refractivity contribution in [3.63, 3.8) is 0 Å². The molecule has 1 aromatic carbocycles. The zero-order valence-corrected chi connectivity index (χ0v) is 15.0. The van der Waals surface area contributed by atoms with E-state index in [1.54, 1.807) is 0 Å². The molecular formula is C23H26O2. The second kappa shape index (κ2) is 6.33. The van der Waals surface area contributed by atoms with Gasteiger partial charge in [-0.25, -0.2) is 4.79 Å². The smallest absolute Gasteiger partial charge is 0.334 e. The molecule has 0 radical (unpaired) electrons. The Hall–Kier alpha value is -2.09. The zero-order valence-electron chi connectivity index (χ0n) is 15.0. The molecule has 1 aromatic rings. The molecule has 25 heavy (non-hydrogen) atoms. The van der Waals surface area contributed by atoms with Crippen LogP contribution in [0.25, 0.3) is 6.08 Å². The van der Waals surface area contributed by atoms with Crippen LogP contribution >= 0.6 is 0 Å². The van der Waals surface area contributed by atoms with E-state index in [1.807, 2.05) is 6.08 Å². The van der Waals surface area contributed by atoms with Gasteiger partial charge in [-0.1, -0.05) is 55.5 Å². The highest BCUT2D eigenvalue weighted by Crippen LogP contribution is 2.52. The Morgan fingerprint density at radius 2 is 1.76 bits per heavy atom. The summed E-state index contributed by atoms with van der Waals surface area (Å²) in [5.74, 6) is 0.733. The molecule has 130 valence electrons. The fourth-order valence-corrected chi connectivity index (χ4v) is 4.86. The Balaban J connectivity index is 1.68. The van der Waals surface area contributed by atoms with Gasteiger partial charge in [0.25, 0.3) is 0 Å². The number of carbonyl (C=O) groups is 1. The lowest BCUT2D eigenvalue weighted by molar-refractivity contribution is -0.140. The number of rotatable bonds is 2. The van der Waals surface area contributed by atoms with Gasteiger partial charge in [0.15, 0.2) is 0 Å². The molecule has 0 bridgehead atoms. The topological polar surface area (TPSA) is 26.3 Å². The molecule has 3 aliphatic rings. The van der Waals surface area contributed by atoms with Crippen molar-refractivity contribution in [1.82, 2.24) is 0 Å². The van der Waals surface area contributed by atoms with Crippen LogP contribution in [-0.2, 0) is 16.0 Å². The first-order chi connectivity index (χ1) is 12.1. The molecule has 1 saturated heterocycles. The third-order valence-corrected chi connectivity index (χ3v) is 6.32. The van der Waals surface area contributed by atoms with Crippen LogP contribution in [0.2, 0.25) is 0 Å². The highest BCUT2D eigenvalue weighted by molar-refractivity contribution is 5.96. The first-order valence-electron chi connectivity index (χ1n) is 9.45. The van der Waals surface area contributed by atoms with Crippen molar-refractivity contribution in [2.24, 2.45) is 17.8 Å². The molecule has 0 aromatic heterocycles. The number of esters is 1. The van der Waals surface area contributed by atoms with Crippen molar-refractivity contribution < 1.29 is 9.53 Å². The minimum atomic E-state index is -0.138. The summed E-state index contributed by atoms with van der Waals surface area (Å²) in [5, 5.41) is 0. The Morgan fingerprint density at radius 3 is 2.48 bits per heavy atom. The predicted molar refractivity (Wildman–Crippen MR) is 101 cm³/mol. The van der Waals surface area contributed by atoms with Crippen molar-refractivity contribution in [2.75, 3.05) is 0 Å².